The van der Waals surface area contributed by atoms with Crippen molar-refractivity contribution in [2.75, 3.05) is 19.8 Å². The van der Waals surface area contributed by atoms with Gasteiger partial charge in [-0.05, 0) is 107 Å². The van der Waals surface area contributed by atoms with E-state index in [1.165, 1.54) is 18.2 Å². The monoisotopic (exact) mass is 777 g/mol. The van der Waals surface area contributed by atoms with Crippen LogP contribution in [0.5, 0.6) is 0 Å². The minimum atomic E-state index is -1.46. The Bertz CT molecular complexity index is 1510. The lowest BCUT2D eigenvalue weighted by atomic mass is 9.87. The summed E-state index contributed by atoms with van der Waals surface area (Å²) in [5.74, 6) is -3.12. The Balaban J connectivity index is 2.19. The molecule has 0 radical (unpaired) electrons. The van der Waals surface area contributed by atoms with Crippen molar-refractivity contribution in [1.82, 2.24) is 4.90 Å². The number of nitrogens with zero attached hydrogens (tertiary/aromatic N) is 1. The van der Waals surface area contributed by atoms with Gasteiger partial charge in [0.1, 0.15) is 24.3 Å². The van der Waals surface area contributed by atoms with E-state index >= 15 is 0 Å². The first-order chi connectivity index (χ1) is 25.4. The summed E-state index contributed by atoms with van der Waals surface area (Å²) in [7, 11) is 0. The number of ether oxygens (including phenoxy) is 5. The lowest BCUT2D eigenvalue weighted by Gasteiger charge is -2.51. The Morgan fingerprint density at radius 1 is 0.782 bits per heavy atom. The molecule has 12 nitrogen and oxygen atoms in total. The minimum Gasteiger partial charge on any atom is -0.462 e. The lowest BCUT2D eigenvalue weighted by Crippen LogP contribution is -2.68. The number of Topliss-reactive ketones (excluding diaryl/α,β-unsaturated/α-hetero) is 1. The second-order valence-electron chi connectivity index (χ2n) is 18.6. The summed E-state index contributed by atoms with van der Waals surface area (Å²) >= 11 is 0. The summed E-state index contributed by atoms with van der Waals surface area (Å²) in [4.78, 5) is 69.5. The quantitative estimate of drug-likeness (QED) is 0.122. The van der Waals surface area contributed by atoms with Crippen LogP contribution in [0.25, 0.3) is 0 Å². The molecule has 1 aromatic rings. The van der Waals surface area contributed by atoms with E-state index < -0.39 is 94.6 Å². The SMILES string of the molecule is CC(C)(C)C(=O)O[C@@H]1[C@@H](OC(=O)C(C)(C)C)[C@H](N2CCC(=O)C[C@H]2c2cccc(F)c2)O[C@H](COC(=O)C(C)(C)CCCCCCO)[C@@H]1OC(=O)C(C)(C)C. The number of unbranched alkanes of at least 4 members (excludes halogenated alkanes) is 3. The Morgan fingerprint density at radius 2 is 1.33 bits per heavy atom. The van der Waals surface area contributed by atoms with Crippen LogP contribution in [-0.4, -0.2) is 90.1 Å². The molecular weight excluding hydrogens is 713 g/mol. The smallest absolute Gasteiger partial charge is 0.311 e. The topological polar surface area (TPSA) is 155 Å². The third-order valence-electron chi connectivity index (χ3n) is 9.85. The van der Waals surface area contributed by atoms with Crippen molar-refractivity contribution in [2.24, 2.45) is 21.7 Å². The van der Waals surface area contributed by atoms with Crippen LogP contribution < -0.4 is 0 Å². The second-order valence-corrected chi connectivity index (χ2v) is 18.6. The zero-order valence-electron chi connectivity index (χ0n) is 34.7. The van der Waals surface area contributed by atoms with Gasteiger partial charge in [-0.25, -0.2) is 4.39 Å². The molecular formula is C42H64FNO11. The van der Waals surface area contributed by atoms with Crippen LogP contribution in [-0.2, 0) is 47.7 Å². The van der Waals surface area contributed by atoms with Gasteiger partial charge in [0.2, 0.25) is 0 Å². The molecule has 0 unspecified atom stereocenters. The van der Waals surface area contributed by atoms with E-state index in [-0.39, 0.29) is 31.8 Å². The van der Waals surface area contributed by atoms with Gasteiger partial charge in [-0.1, -0.05) is 31.4 Å². The van der Waals surface area contributed by atoms with Crippen molar-refractivity contribution in [3.63, 3.8) is 0 Å². The minimum absolute atomic E-state index is 0.00964. The third kappa shape index (κ3) is 12.8. The molecule has 2 saturated heterocycles. The Labute approximate surface area is 326 Å². The highest BCUT2D eigenvalue weighted by Crippen LogP contribution is 2.40. The molecule has 2 aliphatic rings. The van der Waals surface area contributed by atoms with Crippen LogP contribution in [0.3, 0.4) is 0 Å². The van der Waals surface area contributed by atoms with Gasteiger partial charge < -0.3 is 28.8 Å². The van der Waals surface area contributed by atoms with Crippen LogP contribution in [0, 0.1) is 27.5 Å². The average Bonchev–Trinajstić information content (AvgIpc) is 3.07. The van der Waals surface area contributed by atoms with Crippen molar-refractivity contribution < 1.29 is 57.2 Å². The highest BCUT2D eigenvalue weighted by Gasteiger charge is 2.57. The fourth-order valence-corrected chi connectivity index (χ4v) is 6.26. The molecule has 0 aromatic heterocycles. The van der Waals surface area contributed by atoms with E-state index in [4.69, 9.17) is 28.8 Å². The number of carbonyl (C=O) groups is 5. The molecule has 13 heteroatoms. The van der Waals surface area contributed by atoms with Crippen molar-refractivity contribution in [3.05, 3.63) is 35.6 Å². The lowest BCUT2D eigenvalue weighted by molar-refractivity contribution is -0.289. The van der Waals surface area contributed by atoms with E-state index in [1.54, 1.807) is 87.1 Å². The van der Waals surface area contributed by atoms with Crippen LogP contribution in [0.2, 0.25) is 0 Å². The number of likely N-dealkylation sites (tertiary alicyclic amines) is 1. The van der Waals surface area contributed by atoms with Crippen LogP contribution in [0.15, 0.2) is 24.3 Å². The zero-order chi connectivity index (χ0) is 41.5. The first-order valence-corrected chi connectivity index (χ1v) is 19.5. The highest BCUT2D eigenvalue weighted by molar-refractivity contribution is 5.80. The molecule has 6 atom stereocenters. The van der Waals surface area contributed by atoms with Crippen molar-refractivity contribution in [3.8, 4) is 0 Å². The van der Waals surface area contributed by atoms with Crippen LogP contribution in [0.4, 0.5) is 4.39 Å². The molecule has 2 aliphatic heterocycles. The largest absolute Gasteiger partial charge is 0.462 e. The maximum Gasteiger partial charge on any atom is 0.311 e. The molecule has 1 N–H and O–H groups in total. The maximum absolute atomic E-state index is 14.7. The Kier molecular flexibility index (Phi) is 15.6. The molecule has 0 saturated carbocycles. The van der Waals surface area contributed by atoms with Crippen LogP contribution >= 0.6 is 0 Å². The number of hydrogen-bond acceptors (Lipinski definition) is 12. The van der Waals surface area contributed by atoms with E-state index in [0.717, 1.165) is 19.3 Å². The van der Waals surface area contributed by atoms with Gasteiger partial charge in [0, 0.05) is 32.0 Å². The summed E-state index contributed by atoms with van der Waals surface area (Å²) in [5.41, 5.74) is -3.52. The van der Waals surface area contributed by atoms with Gasteiger partial charge >= 0.3 is 23.9 Å². The molecule has 0 amide bonds. The summed E-state index contributed by atoms with van der Waals surface area (Å²) in [6.07, 6.45) is -3.09. The van der Waals surface area contributed by atoms with E-state index in [1.807, 2.05) is 0 Å². The second kappa shape index (κ2) is 18.7. The predicted octanol–water partition coefficient (Wildman–Crippen LogP) is 6.64. The molecule has 55 heavy (non-hydrogen) atoms. The summed E-state index contributed by atoms with van der Waals surface area (Å²) in [5, 5.41) is 9.12. The van der Waals surface area contributed by atoms with E-state index in [0.29, 0.717) is 18.4 Å². The standard InChI is InChI=1S/C42H64FNO11/c1-39(2,3)35(47)53-31-30(25-51-38(50)42(10,11)20-14-12-13-15-22-45)52-34(44-21-19-28(46)24-29(44)26-17-16-18-27(43)23-26)33(55-37(49)41(7,8)9)32(31)54-36(48)40(4,5)6/h16-18,23,29-34,45H,12-15,19-22,24-25H2,1-11H3/t29-,30+,31-,32-,33+,34+/m0/s1. The molecule has 2 fully saturated rings. The number of rotatable bonds is 14. The van der Waals surface area contributed by atoms with E-state index in [9.17, 15) is 28.4 Å². The first-order valence-electron chi connectivity index (χ1n) is 19.5. The number of aliphatic hydroxyl groups is 1. The van der Waals surface area contributed by atoms with Gasteiger partial charge in [0.25, 0.3) is 0 Å². The van der Waals surface area contributed by atoms with Gasteiger partial charge in [-0.15, -0.1) is 0 Å². The predicted molar refractivity (Wildman–Crippen MR) is 202 cm³/mol. The van der Waals surface area contributed by atoms with Crippen LogP contribution in [0.1, 0.15) is 133 Å². The molecule has 3 rings (SSSR count). The van der Waals surface area contributed by atoms with Gasteiger partial charge in [0.15, 0.2) is 24.5 Å². The number of carbonyl (C=O) groups excluding carboxylic acids is 5. The Morgan fingerprint density at radius 3 is 1.87 bits per heavy atom. The van der Waals surface area contributed by atoms with Gasteiger partial charge in [-0.2, -0.15) is 0 Å². The molecule has 0 bridgehead atoms. The molecule has 310 valence electrons. The number of halogens is 1. The fourth-order valence-electron chi connectivity index (χ4n) is 6.26. The van der Waals surface area contributed by atoms with Crippen molar-refractivity contribution >= 4 is 29.7 Å². The Hall–Kier alpha value is -3.42. The van der Waals surface area contributed by atoms with Crippen molar-refractivity contribution in [2.45, 2.75) is 158 Å². The maximum atomic E-state index is 14.7. The number of piperidine rings is 1. The molecule has 1 aromatic carbocycles. The average molecular weight is 778 g/mol. The summed E-state index contributed by atoms with van der Waals surface area (Å²) in [6, 6.07) is 5.10. The van der Waals surface area contributed by atoms with E-state index in [2.05, 4.69) is 0 Å². The highest BCUT2D eigenvalue weighted by atomic mass is 19.1. The summed E-state index contributed by atoms with van der Waals surface area (Å²) < 4.78 is 45.9. The number of hydrogen-bond donors (Lipinski definition) is 1. The van der Waals surface area contributed by atoms with Crippen molar-refractivity contribution in [1.29, 1.82) is 0 Å². The fraction of sp³-hybridized carbons (Fsp3) is 0.738. The van der Waals surface area contributed by atoms with Gasteiger partial charge in [0.05, 0.1) is 21.7 Å². The van der Waals surface area contributed by atoms with Gasteiger partial charge in [-0.3, -0.25) is 28.9 Å². The molecule has 0 aliphatic carbocycles. The first kappa shape index (κ1) is 46.0. The number of ketones is 1. The normalized spacial score (nSPS) is 24.2. The number of esters is 4. The zero-order valence-corrected chi connectivity index (χ0v) is 34.7. The number of aliphatic hydroxyl groups excluding tert-OH is 1. The summed E-state index contributed by atoms with van der Waals surface area (Å²) in [6.45, 7) is 18.2. The third-order valence-corrected chi connectivity index (χ3v) is 9.85. The number of benzene rings is 1. The molecule has 2 heterocycles. The molecule has 0 spiro atoms.